The van der Waals surface area contributed by atoms with E-state index < -0.39 is 65.1 Å². The number of aliphatic hydroxyl groups is 1. The fourth-order valence-electron chi connectivity index (χ4n) is 4.26. The van der Waals surface area contributed by atoms with Gasteiger partial charge in [0.1, 0.15) is 17.6 Å². The van der Waals surface area contributed by atoms with Crippen LogP contribution in [0, 0.1) is 5.82 Å². The van der Waals surface area contributed by atoms with Gasteiger partial charge < -0.3 is 15.0 Å². The molecule has 9 nitrogen and oxygen atoms in total. The highest BCUT2D eigenvalue weighted by molar-refractivity contribution is 5.86. The summed E-state index contributed by atoms with van der Waals surface area (Å²) in [6, 6.07) is 2.65. The van der Waals surface area contributed by atoms with Crippen LogP contribution in [0.2, 0.25) is 0 Å². The number of hydrogen-bond acceptors (Lipinski definition) is 7. The SMILES string of the molecule is C[C@H](C[C@H](F)Cn1ccc2cc(-c3ncc([C@](C)(O)C(F)F)cn3)c(F)cc2c1=O)Nc1cn[nH]c(=O)c1C(F)(F)F. The number of aromatic nitrogens is 5. The van der Waals surface area contributed by atoms with Crippen LogP contribution < -0.4 is 16.4 Å². The number of rotatable bonds is 9. The van der Waals surface area contributed by atoms with E-state index in [1.807, 2.05) is 0 Å². The highest BCUT2D eigenvalue weighted by atomic mass is 19.4. The molecule has 0 saturated carbocycles. The fraction of sp³-hybridized carbons (Fsp3) is 0.346. The van der Waals surface area contributed by atoms with Crippen molar-refractivity contribution in [3.63, 3.8) is 0 Å². The second-order valence-electron chi connectivity index (χ2n) is 9.80. The quantitative estimate of drug-likeness (QED) is 0.243. The first-order valence-electron chi connectivity index (χ1n) is 12.3. The Morgan fingerprint density at radius 1 is 1.10 bits per heavy atom. The van der Waals surface area contributed by atoms with E-state index in [4.69, 9.17) is 0 Å². The summed E-state index contributed by atoms with van der Waals surface area (Å²) >= 11 is 0. The number of hydrogen-bond donors (Lipinski definition) is 3. The molecule has 0 fully saturated rings. The molecule has 0 amide bonds. The van der Waals surface area contributed by atoms with E-state index in [2.05, 4.69) is 20.4 Å². The molecular formula is C26H23F7N6O3. The normalized spacial score (nSPS) is 15.0. The maximum Gasteiger partial charge on any atom is 0.423 e. The van der Waals surface area contributed by atoms with Crippen molar-refractivity contribution >= 4 is 16.5 Å². The van der Waals surface area contributed by atoms with Gasteiger partial charge in [-0.3, -0.25) is 9.59 Å². The zero-order chi connectivity index (χ0) is 31.0. The Morgan fingerprint density at radius 3 is 2.38 bits per heavy atom. The number of nitrogens with zero attached hydrogens (tertiary/aromatic N) is 4. The molecule has 3 N–H and O–H groups in total. The van der Waals surface area contributed by atoms with Crippen LogP contribution >= 0.6 is 0 Å². The Morgan fingerprint density at radius 2 is 1.76 bits per heavy atom. The number of fused-ring (bicyclic) bond motifs is 1. The predicted molar refractivity (Wildman–Crippen MR) is 137 cm³/mol. The topological polar surface area (TPSA) is 126 Å². The molecule has 0 radical (unpaired) electrons. The van der Waals surface area contributed by atoms with Crippen molar-refractivity contribution in [2.24, 2.45) is 0 Å². The van der Waals surface area contributed by atoms with Crippen molar-refractivity contribution in [2.75, 3.05) is 5.32 Å². The molecule has 4 rings (SSSR count). The van der Waals surface area contributed by atoms with E-state index >= 15 is 0 Å². The zero-order valence-electron chi connectivity index (χ0n) is 21.9. The maximum atomic E-state index is 15.0. The highest BCUT2D eigenvalue weighted by Crippen LogP contribution is 2.32. The average Bonchev–Trinajstić information content (AvgIpc) is 2.89. The van der Waals surface area contributed by atoms with E-state index in [0.29, 0.717) is 0 Å². The predicted octanol–water partition coefficient (Wildman–Crippen LogP) is 4.40. The summed E-state index contributed by atoms with van der Waals surface area (Å²) < 4.78 is 96.7. The Hall–Kier alpha value is -4.34. The van der Waals surface area contributed by atoms with E-state index in [9.17, 15) is 45.4 Å². The zero-order valence-corrected chi connectivity index (χ0v) is 21.9. The Bertz CT molecular complexity index is 1700. The summed E-state index contributed by atoms with van der Waals surface area (Å²) in [4.78, 5) is 32.3. The Labute approximate surface area is 232 Å². The van der Waals surface area contributed by atoms with Crippen LogP contribution in [0.25, 0.3) is 22.2 Å². The lowest BCUT2D eigenvalue weighted by atomic mass is 10.00. The summed E-state index contributed by atoms with van der Waals surface area (Å²) in [5.41, 5.74) is -7.30. The molecule has 4 aromatic rings. The molecule has 3 aromatic heterocycles. The molecular weight excluding hydrogens is 577 g/mol. The lowest BCUT2D eigenvalue weighted by Crippen LogP contribution is -2.30. The molecule has 0 saturated heterocycles. The third kappa shape index (κ3) is 6.27. The largest absolute Gasteiger partial charge is 0.423 e. The third-order valence-electron chi connectivity index (χ3n) is 6.51. The van der Waals surface area contributed by atoms with Crippen molar-refractivity contribution < 1.29 is 35.8 Å². The van der Waals surface area contributed by atoms with Gasteiger partial charge in [-0.05, 0) is 37.4 Å². The molecule has 0 aliphatic carbocycles. The molecule has 0 unspecified atom stereocenters. The number of anilines is 1. The standard InChI is InChI=1S/C26H23F7N6O3/c1-12(37-19-10-36-38-22(40)20(19)26(31,32)33)5-15(27)11-39-4-3-13-6-17(18(28)7-16(13)23(39)41)21-34-8-14(9-35-21)25(2,42)24(29)30/h3-4,6-10,12,15,24,42H,5,11H2,1-2H3,(H2,37,38,40)/t12-,15+,25+/m1/s1. The second kappa shape index (κ2) is 11.5. The Kier molecular flexibility index (Phi) is 8.39. The van der Waals surface area contributed by atoms with Crippen molar-refractivity contribution in [1.82, 2.24) is 24.7 Å². The highest BCUT2D eigenvalue weighted by Gasteiger charge is 2.38. The third-order valence-corrected chi connectivity index (χ3v) is 6.51. The minimum absolute atomic E-state index is 0.112. The van der Waals surface area contributed by atoms with Crippen molar-refractivity contribution in [2.45, 2.75) is 57.2 Å². The fourth-order valence-corrected chi connectivity index (χ4v) is 4.26. The molecule has 16 heteroatoms. The van der Waals surface area contributed by atoms with Crippen LogP contribution in [0.3, 0.4) is 0 Å². The van der Waals surface area contributed by atoms with Gasteiger partial charge in [-0.25, -0.2) is 32.6 Å². The summed E-state index contributed by atoms with van der Waals surface area (Å²) in [6.45, 7) is 1.76. The van der Waals surface area contributed by atoms with Crippen molar-refractivity contribution in [3.8, 4) is 11.4 Å². The number of aromatic amines is 1. The van der Waals surface area contributed by atoms with Gasteiger partial charge in [0.2, 0.25) is 0 Å². The lowest BCUT2D eigenvalue weighted by molar-refractivity contribution is -0.138. The van der Waals surface area contributed by atoms with Crippen LogP contribution in [0.4, 0.5) is 36.4 Å². The first-order chi connectivity index (χ1) is 19.6. The molecule has 0 bridgehead atoms. The number of benzene rings is 1. The second-order valence-corrected chi connectivity index (χ2v) is 9.80. The molecule has 0 aliphatic heterocycles. The van der Waals surface area contributed by atoms with E-state index in [1.165, 1.54) is 25.3 Å². The number of nitrogens with one attached hydrogen (secondary N) is 2. The number of pyridine rings is 1. The maximum absolute atomic E-state index is 15.0. The lowest BCUT2D eigenvalue weighted by Gasteiger charge is -2.21. The van der Waals surface area contributed by atoms with Crippen molar-refractivity contribution in [1.29, 1.82) is 0 Å². The van der Waals surface area contributed by atoms with Gasteiger partial charge in [0.15, 0.2) is 11.4 Å². The minimum atomic E-state index is -4.98. The van der Waals surface area contributed by atoms with Gasteiger partial charge in [0.25, 0.3) is 17.5 Å². The minimum Gasteiger partial charge on any atom is -0.381 e. The van der Waals surface area contributed by atoms with Crippen LogP contribution in [0.1, 0.15) is 31.4 Å². The molecule has 224 valence electrons. The van der Waals surface area contributed by atoms with Gasteiger partial charge >= 0.3 is 6.18 Å². The van der Waals surface area contributed by atoms with Crippen LogP contribution in [-0.4, -0.2) is 48.5 Å². The van der Waals surface area contributed by atoms with Crippen LogP contribution in [-0.2, 0) is 18.3 Å². The van der Waals surface area contributed by atoms with Gasteiger partial charge in [-0.2, -0.15) is 18.3 Å². The molecule has 3 heterocycles. The average molecular weight is 600 g/mol. The molecule has 1 aromatic carbocycles. The van der Waals surface area contributed by atoms with E-state index in [0.717, 1.165) is 36.1 Å². The van der Waals surface area contributed by atoms with Crippen LogP contribution in [0.5, 0.6) is 0 Å². The molecule has 42 heavy (non-hydrogen) atoms. The summed E-state index contributed by atoms with van der Waals surface area (Å²) in [5, 5.41) is 17.5. The Balaban J connectivity index is 1.52. The first-order valence-corrected chi connectivity index (χ1v) is 12.3. The molecule has 0 spiro atoms. The van der Waals surface area contributed by atoms with Gasteiger partial charge in [0.05, 0.1) is 29.4 Å². The summed E-state index contributed by atoms with van der Waals surface area (Å²) in [5.74, 6) is -1.12. The first kappa shape index (κ1) is 30.6. The number of H-pyrrole nitrogens is 1. The number of halogens is 7. The smallest absolute Gasteiger partial charge is 0.381 e. The molecule has 0 aliphatic rings. The van der Waals surface area contributed by atoms with Gasteiger partial charge in [-0.1, -0.05) is 0 Å². The summed E-state index contributed by atoms with van der Waals surface area (Å²) in [7, 11) is 0. The van der Waals surface area contributed by atoms with Crippen LogP contribution in [0.15, 0.2) is 52.6 Å². The van der Waals surface area contributed by atoms with E-state index in [-0.39, 0.29) is 34.1 Å². The van der Waals surface area contributed by atoms with E-state index in [1.54, 1.807) is 5.10 Å². The van der Waals surface area contributed by atoms with Gasteiger partial charge in [-0.15, -0.1) is 0 Å². The molecule has 3 atom stereocenters. The van der Waals surface area contributed by atoms with Gasteiger partial charge in [0, 0.05) is 36.6 Å². The summed E-state index contributed by atoms with van der Waals surface area (Å²) in [6.07, 6.45) is -6.30. The monoisotopic (exact) mass is 600 g/mol. The number of alkyl halides is 6. The van der Waals surface area contributed by atoms with Crippen molar-refractivity contribution in [3.05, 3.63) is 80.6 Å².